The van der Waals surface area contributed by atoms with Crippen LogP contribution in [0.3, 0.4) is 0 Å². The second-order valence-corrected chi connectivity index (χ2v) is 9.84. The molecule has 220 valence electrons. The number of amides is 3. The fourth-order valence-corrected chi connectivity index (χ4v) is 5.31. The Balaban J connectivity index is 1.27. The number of urea groups is 1. The van der Waals surface area contributed by atoms with Crippen LogP contribution in [-0.2, 0) is 9.47 Å². The molecule has 8 nitrogen and oxygen atoms in total. The Hall–Kier alpha value is -5.25. The van der Waals surface area contributed by atoms with Crippen LogP contribution in [-0.4, -0.2) is 50.4 Å². The van der Waals surface area contributed by atoms with Crippen molar-refractivity contribution in [2.45, 2.75) is 12.8 Å². The number of benzene rings is 4. The SMILES string of the molecule is CCN(NC(=O)OCC1c2ccccc2-c2ccccc21)C(=O)N(C)c1ccc(-c2cccc(F)c2C(=O)OC)cc1F. The minimum atomic E-state index is -0.900. The molecule has 4 aromatic carbocycles. The summed E-state index contributed by atoms with van der Waals surface area (Å²) in [5.74, 6) is -2.66. The van der Waals surface area contributed by atoms with Crippen LogP contribution in [0.1, 0.15) is 34.3 Å². The average molecular weight is 586 g/mol. The Morgan fingerprint density at radius 1 is 0.837 bits per heavy atom. The number of anilines is 1. The fraction of sp³-hybridized carbons (Fsp3) is 0.182. The molecule has 0 fully saturated rings. The molecule has 4 aromatic rings. The van der Waals surface area contributed by atoms with Gasteiger partial charge in [-0.3, -0.25) is 4.90 Å². The Kier molecular flexibility index (Phi) is 8.38. The van der Waals surface area contributed by atoms with Crippen LogP contribution in [0.15, 0.2) is 84.9 Å². The molecular formula is C33H29F2N3O5. The van der Waals surface area contributed by atoms with E-state index in [-0.39, 0.29) is 41.4 Å². The number of nitrogens with one attached hydrogen (secondary N) is 1. The number of methoxy groups -OCH3 is 1. The molecule has 0 saturated heterocycles. The van der Waals surface area contributed by atoms with E-state index in [0.29, 0.717) is 0 Å². The molecule has 3 amide bonds. The summed E-state index contributed by atoms with van der Waals surface area (Å²) in [6.45, 7) is 1.78. The number of ether oxygens (including phenoxy) is 2. The summed E-state index contributed by atoms with van der Waals surface area (Å²) in [5.41, 5.74) is 6.65. The monoisotopic (exact) mass is 585 g/mol. The number of halogens is 2. The van der Waals surface area contributed by atoms with Crippen molar-refractivity contribution in [2.24, 2.45) is 0 Å². The molecule has 1 aliphatic carbocycles. The van der Waals surface area contributed by atoms with Crippen molar-refractivity contribution in [1.82, 2.24) is 10.4 Å². The molecule has 0 radical (unpaired) electrons. The first-order valence-corrected chi connectivity index (χ1v) is 13.6. The summed E-state index contributed by atoms with van der Waals surface area (Å²) in [6.07, 6.45) is -0.831. The molecule has 1 aliphatic rings. The molecular weight excluding hydrogens is 556 g/mol. The molecule has 0 heterocycles. The van der Waals surface area contributed by atoms with E-state index in [9.17, 15) is 18.8 Å². The highest BCUT2D eigenvalue weighted by Gasteiger charge is 2.30. The average Bonchev–Trinajstić information content (AvgIpc) is 3.35. The minimum absolute atomic E-state index is 0.0607. The van der Waals surface area contributed by atoms with Gasteiger partial charge in [-0.25, -0.2) is 33.6 Å². The van der Waals surface area contributed by atoms with Crippen LogP contribution in [0.5, 0.6) is 0 Å². The van der Waals surface area contributed by atoms with Gasteiger partial charge in [-0.1, -0.05) is 66.7 Å². The van der Waals surface area contributed by atoms with Crippen molar-refractivity contribution in [2.75, 3.05) is 32.2 Å². The van der Waals surface area contributed by atoms with Crippen LogP contribution < -0.4 is 10.3 Å². The molecule has 0 aliphatic heterocycles. The van der Waals surface area contributed by atoms with Gasteiger partial charge in [-0.05, 0) is 58.5 Å². The van der Waals surface area contributed by atoms with Gasteiger partial charge in [0.05, 0.1) is 12.8 Å². The lowest BCUT2D eigenvalue weighted by Gasteiger charge is -2.27. The highest BCUT2D eigenvalue weighted by Crippen LogP contribution is 2.44. The Bertz CT molecular complexity index is 1660. The van der Waals surface area contributed by atoms with Crippen molar-refractivity contribution in [3.63, 3.8) is 0 Å². The Morgan fingerprint density at radius 2 is 1.47 bits per heavy atom. The minimum Gasteiger partial charge on any atom is -0.465 e. The predicted octanol–water partition coefficient (Wildman–Crippen LogP) is 6.75. The van der Waals surface area contributed by atoms with Crippen molar-refractivity contribution in [1.29, 1.82) is 0 Å². The molecule has 0 unspecified atom stereocenters. The van der Waals surface area contributed by atoms with Crippen LogP contribution in [0.4, 0.5) is 24.1 Å². The quantitative estimate of drug-likeness (QED) is 0.200. The van der Waals surface area contributed by atoms with Crippen molar-refractivity contribution in [3.05, 3.63) is 113 Å². The van der Waals surface area contributed by atoms with Gasteiger partial charge < -0.3 is 9.47 Å². The molecule has 0 atom stereocenters. The van der Waals surface area contributed by atoms with E-state index in [0.717, 1.165) is 51.4 Å². The molecule has 10 heteroatoms. The van der Waals surface area contributed by atoms with E-state index in [1.54, 1.807) is 6.92 Å². The number of hydrogen-bond donors (Lipinski definition) is 1. The topological polar surface area (TPSA) is 88.2 Å². The van der Waals surface area contributed by atoms with Crippen LogP contribution in [0.25, 0.3) is 22.3 Å². The van der Waals surface area contributed by atoms with Crippen LogP contribution >= 0.6 is 0 Å². The number of esters is 1. The maximum Gasteiger partial charge on any atom is 0.426 e. The maximum atomic E-state index is 15.3. The number of rotatable bonds is 6. The van der Waals surface area contributed by atoms with Gasteiger partial charge in [0.1, 0.15) is 23.8 Å². The molecule has 43 heavy (non-hydrogen) atoms. The van der Waals surface area contributed by atoms with Gasteiger partial charge in [0, 0.05) is 19.5 Å². The third kappa shape index (κ3) is 5.63. The summed E-state index contributed by atoms with van der Waals surface area (Å²) in [5, 5.41) is 1.01. The normalized spacial score (nSPS) is 11.7. The van der Waals surface area contributed by atoms with E-state index in [4.69, 9.17) is 4.74 Å². The van der Waals surface area contributed by atoms with E-state index in [1.807, 2.05) is 48.5 Å². The van der Waals surface area contributed by atoms with E-state index >= 15 is 4.39 Å². The number of fused-ring (bicyclic) bond motifs is 3. The van der Waals surface area contributed by atoms with Gasteiger partial charge >= 0.3 is 18.1 Å². The predicted molar refractivity (Wildman–Crippen MR) is 158 cm³/mol. The lowest BCUT2D eigenvalue weighted by molar-refractivity contribution is 0.0596. The van der Waals surface area contributed by atoms with Gasteiger partial charge in [0.2, 0.25) is 0 Å². The molecule has 5 rings (SSSR count). The third-order valence-corrected chi connectivity index (χ3v) is 7.43. The first-order chi connectivity index (χ1) is 20.7. The number of hydrogen-bond acceptors (Lipinski definition) is 5. The molecule has 0 bridgehead atoms. The van der Waals surface area contributed by atoms with Gasteiger partial charge in [-0.15, -0.1) is 0 Å². The second-order valence-electron chi connectivity index (χ2n) is 9.84. The zero-order valence-corrected chi connectivity index (χ0v) is 23.8. The van der Waals surface area contributed by atoms with Crippen molar-refractivity contribution in [3.8, 4) is 22.3 Å². The Labute approximate surface area is 247 Å². The molecule has 0 aromatic heterocycles. The number of hydrazine groups is 1. The van der Waals surface area contributed by atoms with Gasteiger partial charge in [0.15, 0.2) is 0 Å². The van der Waals surface area contributed by atoms with Crippen LogP contribution in [0, 0.1) is 11.6 Å². The van der Waals surface area contributed by atoms with Crippen molar-refractivity contribution < 1.29 is 32.6 Å². The largest absolute Gasteiger partial charge is 0.465 e. The first-order valence-electron chi connectivity index (χ1n) is 13.6. The molecule has 1 N–H and O–H groups in total. The summed E-state index contributed by atoms with van der Waals surface area (Å²) in [7, 11) is 2.48. The summed E-state index contributed by atoms with van der Waals surface area (Å²) >= 11 is 0. The van der Waals surface area contributed by atoms with Gasteiger partial charge in [-0.2, -0.15) is 0 Å². The highest BCUT2D eigenvalue weighted by molar-refractivity contribution is 5.98. The standard InChI is InChI=1S/C33H29F2N3O5/c1-4-38(36-32(40)43-19-26-24-12-7-5-10-22(24)23-11-6-8-13-25(23)26)33(41)37(2)29-17-16-20(18-28(29)35)21-14-9-15-27(34)30(21)31(39)42-3/h5-18,26H,4,19H2,1-3H3,(H,36,40). The number of carbonyl (C=O) groups is 3. The third-order valence-electron chi connectivity index (χ3n) is 7.43. The zero-order valence-electron chi connectivity index (χ0n) is 23.8. The number of carbonyl (C=O) groups excluding carboxylic acids is 3. The van der Waals surface area contributed by atoms with E-state index in [1.165, 1.54) is 31.3 Å². The molecule has 0 saturated carbocycles. The van der Waals surface area contributed by atoms with E-state index in [2.05, 4.69) is 10.2 Å². The van der Waals surface area contributed by atoms with Crippen LogP contribution in [0.2, 0.25) is 0 Å². The lowest BCUT2D eigenvalue weighted by Crippen LogP contribution is -2.51. The molecule has 0 spiro atoms. The van der Waals surface area contributed by atoms with Gasteiger partial charge in [0.25, 0.3) is 0 Å². The number of nitrogens with zero attached hydrogens (tertiary/aromatic N) is 2. The Morgan fingerprint density at radius 3 is 2.07 bits per heavy atom. The summed E-state index contributed by atoms with van der Waals surface area (Å²) < 4.78 is 39.9. The highest BCUT2D eigenvalue weighted by atomic mass is 19.1. The second kappa shape index (κ2) is 12.3. The smallest absolute Gasteiger partial charge is 0.426 e. The van der Waals surface area contributed by atoms with Crippen molar-refractivity contribution >= 4 is 23.8 Å². The first kappa shape index (κ1) is 29.2. The summed E-state index contributed by atoms with van der Waals surface area (Å²) in [6, 6.07) is 23.0. The summed E-state index contributed by atoms with van der Waals surface area (Å²) in [4.78, 5) is 39.2. The zero-order chi connectivity index (χ0) is 30.7. The van der Waals surface area contributed by atoms with E-state index < -0.39 is 29.7 Å². The lowest BCUT2D eigenvalue weighted by atomic mass is 9.98. The fourth-order valence-electron chi connectivity index (χ4n) is 5.31. The maximum absolute atomic E-state index is 15.3.